The highest BCUT2D eigenvalue weighted by molar-refractivity contribution is 5.87. The number of hydrogen-bond acceptors (Lipinski definition) is 4. The zero-order valence-electron chi connectivity index (χ0n) is 17.9. The first kappa shape index (κ1) is 17.9. The van der Waals surface area contributed by atoms with Crippen molar-refractivity contribution in [2.45, 2.75) is 25.3 Å². The minimum atomic E-state index is 0.194. The highest BCUT2D eigenvalue weighted by atomic mass is 15.5. The summed E-state index contributed by atoms with van der Waals surface area (Å²) in [6.07, 6.45) is 7.32. The minimum Gasteiger partial charge on any atom is -0.329 e. The number of hydrogen-bond donors (Lipinski definition) is 1. The van der Waals surface area contributed by atoms with Crippen LogP contribution in [0.3, 0.4) is 0 Å². The number of fused-ring (bicyclic) bond motifs is 7. The molecular formula is C28H24N4. The van der Waals surface area contributed by atoms with Gasteiger partial charge in [0.05, 0.1) is 23.1 Å². The van der Waals surface area contributed by atoms with Gasteiger partial charge >= 0.3 is 0 Å². The van der Waals surface area contributed by atoms with Gasteiger partial charge in [-0.25, -0.2) is 0 Å². The third-order valence-corrected chi connectivity index (χ3v) is 7.00. The molecule has 0 aromatic heterocycles. The molecule has 1 fully saturated rings. The predicted molar refractivity (Wildman–Crippen MR) is 130 cm³/mol. The summed E-state index contributed by atoms with van der Waals surface area (Å²) in [5.41, 5.74) is 8.81. The van der Waals surface area contributed by atoms with Crippen molar-refractivity contribution >= 4 is 22.6 Å². The Morgan fingerprint density at radius 2 is 1.41 bits per heavy atom. The number of rotatable bonds is 2. The van der Waals surface area contributed by atoms with E-state index in [0.29, 0.717) is 12.2 Å². The first-order valence-corrected chi connectivity index (χ1v) is 11.2. The van der Waals surface area contributed by atoms with Crippen molar-refractivity contribution in [3.8, 4) is 0 Å². The lowest BCUT2D eigenvalue weighted by Gasteiger charge is -2.33. The number of nitrogens with zero attached hydrogens (tertiary/aromatic N) is 3. The van der Waals surface area contributed by atoms with E-state index in [4.69, 9.17) is 0 Å². The molecule has 3 atom stereocenters. The molecule has 4 nitrogen and oxygen atoms in total. The van der Waals surface area contributed by atoms with E-state index < -0.39 is 0 Å². The zero-order valence-corrected chi connectivity index (χ0v) is 17.9. The summed E-state index contributed by atoms with van der Waals surface area (Å²) in [6, 6.07) is 30.5. The monoisotopic (exact) mass is 416 g/mol. The highest BCUT2D eigenvalue weighted by Gasteiger charge is 2.57. The van der Waals surface area contributed by atoms with Crippen LogP contribution in [-0.4, -0.2) is 23.3 Å². The van der Waals surface area contributed by atoms with Gasteiger partial charge in [-0.05, 0) is 54.5 Å². The van der Waals surface area contributed by atoms with Crippen LogP contribution in [0.2, 0.25) is 0 Å². The van der Waals surface area contributed by atoms with Crippen molar-refractivity contribution in [3.05, 3.63) is 120 Å². The average molecular weight is 417 g/mol. The second kappa shape index (κ2) is 6.62. The quantitative estimate of drug-likeness (QED) is 0.565. The van der Waals surface area contributed by atoms with Gasteiger partial charge in [0.2, 0.25) is 0 Å². The second-order valence-corrected chi connectivity index (χ2v) is 8.77. The molecule has 3 unspecified atom stereocenters. The summed E-state index contributed by atoms with van der Waals surface area (Å²) < 4.78 is 0. The predicted octanol–water partition coefficient (Wildman–Crippen LogP) is 5.43. The van der Waals surface area contributed by atoms with Crippen LogP contribution in [0.4, 0.5) is 17.1 Å². The zero-order chi connectivity index (χ0) is 21.2. The van der Waals surface area contributed by atoms with Crippen molar-refractivity contribution in [3.63, 3.8) is 0 Å². The maximum Gasteiger partial charge on any atom is 0.130 e. The van der Waals surface area contributed by atoms with Gasteiger partial charge in [-0.15, -0.1) is 0 Å². The first-order valence-electron chi connectivity index (χ1n) is 11.2. The molecule has 4 aliphatic heterocycles. The number of nitrogens with one attached hydrogen (secondary N) is 1. The Balaban J connectivity index is 1.41. The second-order valence-electron chi connectivity index (χ2n) is 8.77. The van der Waals surface area contributed by atoms with Crippen LogP contribution in [0.15, 0.2) is 115 Å². The van der Waals surface area contributed by atoms with E-state index in [0.717, 1.165) is 0 Å². The molecule has 1 N–H and O–H groups in total. The summed E-state index contributed by atoms with van der Waals surface area (Å²) in [4.78, 5) is 7.45. The molecular weight excluding hydrogens is 392 g/mol. The van der Waals surface area contributed by atoms with Gasteiger partial charge < -0.3 is 14.7 Å². The molecule has 4 aliphatic rings. The minimum absolute atomic E-state index is 0.194. The first-order chi connectivity index (χ1) is 15.8. The van der Waals surface area contributed by atoms with Gasteiger partial charge in [-0.2, -0.15) is 0 Å². The summed E-state index contributed by atoms with van der Waals surface area (Å²) in [5, 5.41) is 3.78. The van der Waals surface area contributed by atoms with E-state index in [-0.39, 0.29) is 6.17 Å². The van der Waals surface area contributed by atoms with E-state index in [1.54, 1.807) is 0 Å². The van der Waals surface area contributed by atoms with Gasteiger partial charge in [-0.3, -0.25) is 5.32 Å². The summed E-state index contributed by atoms with van der Waals surface area (Å²) in [6.45, 7) is 2.27. The Morgan fingerprint density at radius 3 is 2.16 bits per heavy atom. The SMILES string of the molecule is CC1=C2C=C(c3ccccc3)C=CN2C2NC2C2N1c1ccccc1N2c1ccccc1. The Labute approximate surface area is 188 Å². The normalized spacial score (nSPS) is 25.0. The molecule has 4 heterocycles. The number of para-hydroxylation sites is 3. The molecule has 32 heavy (non-hydrogen) atoms. The molecule has 0 spiro atoms. The van der Waals surface area contributed by atoms with Crippen LogP contribution in [0.1, 0.15) is 12.5 Å². The van der Waals surface area contributed by atoms with Gasteiger partial charge in [0.1, 0.15) is 12.3 Å². The van der Waals surface area contributed by atoms with Gasteiger partial charge in [-0.1, -0.05) is 60.7 Å². The lowest BCUT2D eigenvalue weighted by Crippen LogP contribution is -2.45. The topological polar surface area (TPSA) is 31.7 Å². The fraction of sp³-hybridized carbons (Fsp3) is 0.143. The van der Waals surface area contributed by atoms with Gasteiger partial charge in [0.25, 0.3) is 0 Å². The van der Waals surface area contributed by atoms with Crippen LogP contribution >= 0.6 is 0 Å². The third-order valence-electron chi connectivity index (χ3n) is 7.00. The van der Waals surface area contributed by atoms with Crippen molar-refractivity contribution in [2.24, 2.45) is 0 Å². The molecule has 0 amide bonds. The standard InChI is InChI=1S/C28H24N4/c1-19-25-18-21(20-10-4-2-5-11-20)16-17-30(25)27-26(29-27)28-31(19)23-14-8-9-15-24(23)32(28)22-12-6-3-7-13-22/h2-18,26-29H,1H3. The summed E-state index contributed by atoms with van der Waals surface area (Å²) >= 11 is 0. The highest BCUT2D eigenvalue weighted by Crippen LogP contribution is 2.51. The van der Waals surface area contributed by atoms with Crippen LogP contribution < -0.4 is 15.1 Å². The molecule has 1 saturated heterocycles. The van der Waals surface area contributed by atoms with E-state index in [1.165, 1.54) is 39.6 Å². The fourth-order valence-electron chi connectivity index (χ4n) is 5.48. The van der Waals surface area contributed by atoms with Crippen LogP contribution in [0.5, 0.6) is 0 Å². The summed E-state index contributed by atoms with van der Waals surface area (Å²) in [5.74, 6) is 0. The van der Waals surface area contributed by atoms with Crippen LogP contribution in [0.25, 0.3) is 5.57 Å². The van der Waals surface area contributed by atoms with Crippen LogP contribution in [-0.2, 0) is 0 Å². The lowest BCUT2D eigenvalue weighted by atomic mass is 10.0. The molecule has 0 aliphatic carbocycles. The largest absolute Gasteiger partial charge is 0.329 e. The Hall–Kier alpha value is -3.76. The van der Waals surface area contributed by atoms with Crippen molar-refractivity contribution in [2.75, 3.05) is 9.80 Å². The van der Waals surface area contributed by atoms with E-state index in [1.807, 2.05) is 0 Å². The number of benzene rings is 3. The van der Waals surface area contributed by atoms with Gasteiger partial charge in [0, 0.05) is 17.6 Å². The Bertz CT molecular complexity index is 1290. The maximum atomic E-state index is 3.78. The van der Waals surface area contributed by atoms with Gasteiger partial charge in [0.15, 0.2) is 0 Å². The fourth-order valence-corrected chi connectivity index (χ4v) is 5.48. The van der Waals surface area contributed by atoms with Crippen molar-refractivity contribution in [1.82, 2.24) is 10.2 Å². The van der Waals surface area contributed by atoms with E-state index in [2.05, 4.69) is 130 Å². The number of allylic oxidation sites excluding steroid dienone is 4. The molecule has 3 aromatic carbocycles. The average Bonchev–Trinajstić information content (AvgIpc) is 3.59. The maximum absolute atomic E-state index is 3.78. The molecule has 156 valence electrons. The number of anilines is 3. The van der Waals surface area contributed by atoms with E-state index >= 15 is 0 Å². The van der Waals surface area contributed by atoms with Crippen molar-refractivity contribution < 1.29 is 0 Å². The molecule has 0 bridgehead atoms. The van der Waals surface area contributed by atoms with Crippen molar-refractivity contribution in [1.29, 1.82) is 0 Å². The smallest absolute Gasteiger partial charge is 0.130 e. The summed E-state index contributed by atoms with van der Waals surface area (Å²) in [7, 11) is 0. The third kappa shape index (κ3) is 2.47. The molecule has 0 saturated carbocycles. The van der Waals surface area contributed by atoms with E-state index in [9.17, 15) is 0 Å². The Kier molecular flexibility index (Phi) is 3.70. The lowest BCUT2D eigenvalue weighted by molar-refractivity contribution is 0.447. The van der Waals surface area contributed by atoms with Crippen LogP contribution in [0, 0.1) is 0 Å². The molecule has 7 rings (SSSR count). The molecule has 0 radical (unpaired) electrons. The Morgan fingerprint density at radius 1 is 0.750 bits per heavy atom. The molecule has 4 heteroatoms. The molecule has 3 aromatic rings.